The first kappa shape index (κ1) is 19.2. The minimum Gasteiger partial charge on any atom is -0.497 e. The van der Waals surface area contributed by atoms with Gasteiger partial charge >= 0.3 is 11.9 Å². The number of rotatable bonds is 6. The molecule has 0 amide bonds. The maximum absolute atomic E-state index is 9.55. The first-order valence-electron chi connectivity index (χ1n) is 7.25. The average molecular weight is 334 g/mol. The second-order valence-electron chi connectivity index (χ2n) is 5.25. The molecule has 0 radical (unpaired) electrons. The Labute approximate surface area is 140 Å². The zero-order valence-electron chi connectivity index (χ0n) is 14.0. The van der Waals surface area contributed by atoms with Gasteiger partial charge in [0.2, 0.25) is 0 Å². The van der Waals surface area contributed by atoms with Gasteiger partial charge in [-0.15, -0.1) is 0 Å². The van der Waals surface area contributed by atoms with E-state index in [0.29, 0.717) is 12.2 Å². The van der Waals surface area contributed by atoms with Gasteiger partial charge in [-0.2, -0.15) is 0 Å². The van der Waals surface area contributed by atoms with Crippen molar-refractivity contribution in [3.05, 3.63) is 42.6 Å². The van der Waals surface area contributed by atoms with Crippen LogP contribution in [0.25, 0.3) is 10.9 Å². The van der Waals surface area contributed by atoms with E-state index in [1.54, 1.807) is 7.11 Å². The number of methoxy groups -OCH3 is 1. The summed E-state index contributed by atoms with van der Waals surface area (Å²) >= 11 is 0. The largest absolute Gasteiger partial charge is 0.497 e. The molecule has 130 valence electrons. The summed E-state index contributed by atoms with van der Waals surface area (Å²) in [6, 6.07) is 8.33. The zero-order valence-corrected chi connectivity index (χ0v) is 14.0. The molecule has 2 aromatic rings. The van der Waals surface area contributed by atoms with Crippen LogP contribution in [0.4, 0.5) is 0 Å². The van der Waals surface area contributed by atoms with Gasteiger partial charge in [-0.05, 0) is 38.4 Å². The van der Waals surface area contributed by atoms with Crippen molar-refractivity contribution in [1.82, 2.24) is 9.47 Å². The molecule has 24 heavy (non-hydrogen) atoms. The van der Waals surface area contributed by atoms with E-state index in [4.69, 9.17) is 14.9 Å². The fourth-order valence-corrected chi connectivity index (χ4v) is 1.95. The van der Waals surface area contributed by atoms with Crippen molar-refractivity contribution >= 4 is 22.8 Å². The number of ether oxygens (including phenoxy) is 1. The molecule has 0 unspecified atom stereocenters. The molecular weight excluding hydrogens is 312 g/mol. The number of hydrogen-bond donors (Lipinski definition) is 2. The molecule has 1 aromatic carbocycles. The molecule has 0 saturated heterocycles. The van der Waals surface area contributed by atoms with Crippen LogP contribution in [0.5, 0.6) is 5.75 Å². The van der Waals surface area contributed by atoms with E-state index < -0.39 is 11.9 Å². The summed E-state index contributed by atoms with van der Waals surface area (Å²) in [6.07, 6.45) is 3.25. The number of benzene rings is 1. The van der Waals surface area contributed by atoms with Gasteiger partial charge in [0.15, 0.2) is 0 Å². The number of carboxylic acid groups (broad SMARTS) is 2. The fourth-order valence-electron chi connectivity index (χ4n) is 1.95. The Balaban J connectivity index is 0.000000307. The lowest BCUT2D eigenvalue weighted by Crippen LogP contribution is -2.17. The molecule has 1 heterocycles. The van der Waals surface area contributed by atoms with Crippen molar-refractivity contribution in [2.75, 3.05) is 27.7 Å². The highest BCUT2D eigenvalue weighted by Crippen LogP contribution is 2.21. The summed E-state index contributed by atoms with van der Waals surface area (Å²) < 4.78 is 7.48. The minimum absolute atomic E-state index is 0.558. The van der Waals surface area contributed by atoms with Gasteiger partial charge in [-0.25, -0.2) is 9.59 Å². The van der Waals surface area contributed by atoms with E-state index in [9.17, 15) is 9.59 Å². The molecule has 0 aliphatic heterocycles. The molecule has 0 aliphatic carbocycles. The summed E-state index contributed by atoms with van der Waals surface area (Å²) in [5.74, 6) is -1.60. The third kappa shape index (κ3) is 6.53. The number of hydrogen-bond acceptors (Lipinski definition) is 4. The third-order valence-corrected chi connectivity index (χ3v) is 3.13. The van der Waals surface area contributed by atoms with E-state index >= 15 is 0 Å². The van der Waals surface area contributed by atoms with Crippen molar-refractivity contribution in [3.8, 4) is 5.75 Å². The molecule has 0 spiro atoms. The SMILES string of the molecule is COc1ccc2c(ccn2CCN(C)C)c1.O=C(O)/C=C/C(=O)O. The highest BCUT2D eigenvalue weighted by Gasteiger charge is 2.02. The van der Waals surface area contributed by atoms with E-state index in [1.165, 1.54) is 10.9 Å². The lowest BCUT2D eigenvalue weighted by Gasteiger charge is -2.11. The topological polar surface area (TPSA) is 92.0 Å². The smallest absolute Gasteiger partial charge is 0.328 e. The first-order valence-corrected chi connectivity index (χ1v) is 7.25. The Hall–Kier alpha value is -2.80. The van der Waals surface area contributed by atoms with Gasteiger partial charge in [0, 0.05) is 42.3 Å². The monoisotopic (exact) mass is 334 g/mol. The van der Waals surface area contributed by atoms with Crippen molar-refractivity contribution in [2.24, 2.45) is 0 Å². The van der Waals surface area contributed by atoms with Crippen LogP contribution < -0.4 is 4.74 Å². The minimum atomic E-state index is -1.26. The van der Waals surface area contributed by atoms with E-state index in [1.807, 2.05) is 6.07 Å². The summed E-state index contributed by atoms with van der Waals surface area (Å²) in [5, 5.41) is 16.9. The molecular formula is C17H22N2O5. The van der Waals surface area contributed by atoms with E-state index in [2.05, 4.69) is 48.0 Å². The molecule has 0 bridgehead atoms. The van der Waals surface area contributed by atoms with Crippen LogP contribution in [0.15, 0.2) is 42.6 Å². The number of aliphatic carboxylic acids is 2. The maximum atomic E-state index is 9.55. The van der Waals surface area contributed by atoms with Gasteiger partial charge < -0.3 is 24.4 Å². The Morgan fingerprint density at radius 1 is 1.17 bits per heavy atom. The Bertz CT molecular complexity index is 703. The lowest BCUT2D eigenvalue weighted by molar-refractivity contribution is -0.134. The second-order valence-corrected chi connectivity index (χ2v) is 5.25. The number of nitrogens with zero attached hydrogens (tertiary/aromatic N) is 2. The van der Waals surface area contributed by atoms with Crippen LogP contribution in [0.1, 0.15) is 0 Å². The third-order valence-electron chi connectivity index (χ3n) is 3.13. The van der Waals surface area contributed by atoms with Crippen LogP contribution in [-0.4, -0.2) is 59.4 Å². The van der Waals surface area contributed by atoms with Gasteiger partial charge in [0.1, 0.15) is 5.75 Å². The molecule has 2 N–H and O–H groups in total. The highest BCUT2D eigenvalue weighted by molar-refractivity contribution is 5.89. The average Bonchev–Trinajstić information content (AvgIpc) is 2.93. The number of carbonyl (C=O) groups is 2. The normalized spacial score (nSPS) is 10.7. The zero-order chi connectivity index (χ0) is 18.1. The lowest BCUT2D eigenvalue weighted by atomic mass is 10.2. The summed E-state index contributed by atoms with van der Waals surface area (Å²) in [4.78, 5) is 21.3. The summed E-state index contributed by atoms with van der Waals surface area (Å²) in [5.41, 5.74) is 1.27. The van der Waals surface area contributed by atoms with Crippen molar-refractivity contribution in [3.63, 3.8) is 0 Å². The summed E-state index contributed by atoms with van der Waals surface area (Å²) in [7, 11) is 5.88. The first-order chi connectivity index (χ1) is 11.3. The molecule has 0 saturated carbocycles. The number of carboxylic acids is 2. The second kappa shape index (κ2) is 9.36. The molecule has 2 rings (SSSR count). The molecule has 0 fully saturated rings. The molecule has 1 aromatic heterocycles. The standard InChI is InChI=1S/C13H18N2O.C4H4O4/c1-14(2)8-9-15-7-6-11-10-12(16-3)4-5-13(11)15;5-3(6)1-2-4(7)8/h4-7,10H,8-9H2,1-3H3;1-2H,(H,5,6)(H,7,8)/b;2-1+. The van der Waals surface area contributed by atoms with E-state index in [-0.39, 0.29) is 0 Å². The van der Waals surface area contributed by atoms with Gasteiger partial charge in [0.05, 0.1) is 7.11 Å². The predicted molar refractivity (Wildman–Crippen MR) is 91.5 cm³/mol. The van der Waals surface area contributed by atoms with Crippen LogP contribution in [-0.2, 0) is 16.1 Å². The molecule has 0 atom stereocenters. The number of likely N-dealkylation sites (N-methyl/N-ethyl adjacent to an activating group) is 1. The van der Waals surface area contributed by atoms with Crippen molar-refractivity contribution in [1.29, 1.82) is 0 Å². The number of aromatic nitrogens is 1. The molecule has 7 nitrogen and oxygen atoms in total. The predicted octanol–water partition coefficient (Wildman–Crippen LogP) is 1.92. The fraction of sp³-hybridized carbons (Fsp3) is 0.294. The van der Waals surface area contributed by atoms with Crippen molar-refractivity contribution in [2.45, 2.75) is 6.54 Å². The number of fused-ring (bicyclic) bond motifs is 1. The molecule has 0 aliphatic rings. The van der Waals surface area contributed by atoms with Crippen molar-refractivity contribution < 1.29 is 24.5 Å². The van der Waals surface area contributed by atoms with Crippen LogP contribution in [0.2, 0.25) is 0 Å². The molecule has 7 heteroatoms. The highest BCUT2D eigenvalue weighted by atomic mass is 16.5. The maximum Gasteiger partial charge on any atom is 0.328 e. The Morgan fingerprint density at radius 3 is 2.29 bits per heavy atom. The summed E-state index contributed by atoms with van der Waals surface area (Å²) in [6.45, 7) is 2.07. The van der Waals surface area contributed by atoms with Gasteiger partial charge in [0.25, 0.3) is 0 Å². The van der Waals surface area contributed by atoms with Crippen LogP contribution in [0.3, 0.4) is 0 Å². The van der Waals surface area contributed by atoms with Gasteiger partial charge in [-0.1, -0.05) is 0 Å². The quantitative estimate of drug-likeness (QED) is 0.784. The van der Waals surface area contributed by atoms with Crippen LogP contribution in [0, 0.1) is 0 Å². The van der Waals surface area contributed by atoms with E-state index in [0.717, 1.165) is 18.8 Å². The Kier molecular flexibility index (Phi) is 7.51. The van der Waals surface area contributed by atoms with Gasteiger partial charge in [-0.3, -0.25) is 0 Å². The Morgan fingerprint density at radius 2 is 1.79 bits per heavy atom. The van der Waals surface area contributed by atoms with Crippen LogP contribution >= 0.6 is 0 Å².